The lowest BCUT2D eigenvalue weighted by Crippen LogP contribution is -2.54. The quantitative estimate of drug-likeness (QED) is 0.899. The van der Waals surface area contributed by atoms with Gasteiger partial charge in [-0.3, -0.25) is 14.7 Å². The fourth-order valence-corrected chi connectivity index (χ4v) is 4.21. The summed E-state index contributed by atoms with van der Waals surface area (Å²) in [6.45, 7) is 4.07. The summed E-state index contributed by atoms with van der Waals surface area (Å²) in [6.07, 6.45) is 3.68. The van der Waals surface area contributed by atoms with Crippen molar-refractivity contribution in [3.8, 4) is 0 Å². The molecule has 130 valence electrons. The standard InChI is InChI=1S/C20H22ClN3O/c1-13(25)18-12-24(9-8-22-18)20-17-5-3-2-4-14(17)6-7-15-10-16(21)11-23-19(15)20/h2-5,10-11,18,20,22H,6-9,12H2,1H3/t18-,20?/m1/s1. The Morgan fingerprint density at radius 3 is 2.92 bits per heavy atom. The van der Waals surface area contributed by atoms with Crippen molar-refractivity contribution in [2.75, 3.05) is 19.6 Å². The van der Waals surface area contributed by atoms with E-state index in [0.717, 1.165) is 31.6 Å². The molecule has 25 heavy (non-hydrogen) atoms. The summed E-state index contributed by atoms with van der Waals surface area (Å²) in [4.78, 5) is 19.0. The number of benzene rings is 1. The summed E-state index contributed by atoms with van der Waals surface area (Å²) in [6, 6.07) is 10.6. The van der Waals surface area contributed by atoms with Crippen molar-refractivity contribution in [3.63, 3.8) is 0 Å². The average molecular weight is 356 g/mol. The predicted molar refractivity (Wildman–Crippen MR) is 99.0 cm³/mol. The summed E-state index contributed by atoms with van der Waals surface area (Å²) in [5.41, 5.74) is 4.96. The van der Waals surface area contributed by atoms with Crippen LogP contribution < -0.4 is 5.32 Å². The second-order valence-electron chi connectivity index (χ2n) is 6.91. The molecule has 2 atom stereocenters. The molecule has 1 aromatic carbocycles. The first kappa shape index (κ1) is 16.7. The summed E-state index contributed by atoms with van der Waals surface area (Å²) in [5, 5.41) is 4.01. The SMILES string of the molecule is CC(=O)[C@H]1CN(C2c3ccccc3CCc3cc(Cl)cnc32)CCN1. The number of Topliss-reactive ketones (excluding diaryl/α,β-unsaturated/α-hetero) is 1. The topological polar surface area (TPSA) is 45.2 Å². The molecule has 1 fully saturated rings. The van der Waals surface area contributed by atoms with E-state index in [0.29, 0.717) is 11.6 Å². The van der Waals surface area contributed by atoms with Crippen molar-refractivity contribution in [1.82, 2.24) is 15.2 Å². The summed E-state index contributed by atoms with van der Waals surface area (Å²) in [7, 11) is 0. The molecule has 0 radical (unpaired) electrons. The first-order valence-corrected chi connectivity index (χ1v) is 9.21. The van der Waals surface area contributed by atoms with Gasteiger partial charge in [-0.1, -0.05) is 35.9 Å². The average Bonchev–Trinajstić information content (AvgIpc) is 2.78. The number of hydrogen-bond donors (Lipinski definition) is 1. The van der Waals surface area contributed by atoms with Crippen molar-refractivity contribution in [3.05, 3.63) is 63.9 Å². The zero-order valence-electron chi connectivity index (χ0n) is 14.3. The fraction of sp³-hybridized carbons (Fsp3) is 0.400. The molecule has 4 nitrogen and oxygen atoms in total. The van der Waals surface area contributed by atoms with Gasteiger partial charge in [-0.25, -0.2) is 0 Å². The molecule has 0 spiro atoms. The van der Waals surface area contributed by atoms with Gasteiger partial charge in [-0.05, 0) is 42.5 Å². The number of rotatable bonds is 2. The van der Waals surface area contributed by atoms with Crippen molar-refractivity contribution in [2.24, 2.45) is 0 Å². The maximum atomic E-state index is 11.9. The third kappa shape index (κ3) is 3.22. The summed E-state index contributed by atoms with van der Waals surface area (Å²) in [5.74, 6) is 0.191. The number of fused-ring (bicyclic) bond motifs is 2. The van der Waals surface area contributed by atoms with E-state index in [4.69, 9.17) is 16.6 Å². The number of halogens is 1. The van der Waals surface area contributed by atoms with E-state index in [2.05, 4.69) is 34.5 Å². The monoisotopic (exact) mass is 355 g/mol. The Morgan fingerprint density at radius 2 is 2.08 bits per heavy atom. The third-order valence-electron chi connectivity index (χ3n) is 5.30. The Balaban J connectivity index is 1.81. The highest BCUT2D eigenvalue weighted by Gasteiger charge is 2.34. The van der Waals surface area contributed by atoms with E-state index in [1.165, 1.54) is 16.7 Å². The van der Waals surface area contributed by atoms with E-state index in [-0.39, 0.29) is 17.9 Å². The zero-order valence-corrected chi connectivity index (χ0v) is 15.1. The molecule has 0 amide bonds. The van der Waals surface area contributed by atoms with E-state index in [9.17, 15) is 4.79 Å². The zero-order chi connectivity index (χ0) is 17.4. The molecule has 1 unspecified atom stereocenters. The maximum absolute atomic E-state index is 11.9. The van der Waals surface area contributed by atoms with Gasteiger partial charge in [0.1, 0.15) is 5.78 Å². The third-order valence-corrected chi connectivity index (χ3v) is 5.51. The second-order valence-corrected chi connectivity index (χ2v) is 7.35. The van der Waals surface area contributed by atoms with Gasteiger partial charge in [0.2, 0.25) is 0 Å². The number of ketones is 1. The smallest absolute Gasteiger partial charge is 0.147 e. The molecule has 1 N–H and O–H groups in total. The highest BCUT2D eigenvalue weighted by atomic mass is 35.5. The van der Waals surface area contributed by atoms with Crippen molar-refractivity contribution in [1.29, 1.82) is 0 Å². The van der Waals surface area contributed by atoms with Gasteiger partial charge < -0.3 is 5.32 Å². The number of hydrogen-bond acceptors (Lipinski definition) is 4. The Kier molecular flexibility index (Phi) is 4.59. The van der Waals surface area contributed by atoms with Crippen LogP contribution in [-0.2, 0) is 17.6 Å². The van der Waals surface area contributed by atoms with Gasteiger partial charge in [0.25, 0.3) is 0 Å². The molecule has 0 saturated carbocycles. The molecular formula is C20H22ClN3O. The number of nitrogens with one attached hydrogen (secondary N) is 1. The van der Waals surface area contributed by atoms with E-state index < -0.39 is 0 Å². The largest absolute Gasteiger partial charge is 0.305 e. The number of nitrogens with zero attached hydrogens (tertiary/aromatic N) is 2. The van der Waals surface area contributed by atoms with Gasteiger partial charge >= 0.3 is 0 Å². The fourth-order valence-electron chi connectivity index (χ4n) is 4.03. The number of carbonyl (C=O) groups excluding carboxylic acids is 1. The minimum absolute atomic E-state index is 0.0786. The number of aryl methyl sites for hydroxylation is 2. The molecule has 2 aromatic rings. The molecular weight excluding hydrogens is 334 g/mol. The Hall–Kier alpha value is -1.75. The lowest BCUT2D eigenvalue weighted by atomic mass is 9.95. The van der Waals surface area contributed by atoms with E-state index in [1.807, 2.05) is 6.07 Å². The van der Waals surface area contributed by atoms with E-state index in [1.54, 1.807) is 13.1 Å². The van der Waals surface area contributed by atoms with E-state index >= 15 is 0 Å². The van der Waals surface area contributed by atoms with Crippen LogP contribution in [0.4, 0.5) is 0 Å². The van der Waals surface area contributed by atoms with Gasteiger partial charge in [0, 0.05) is 25.8 Å². The number of carbonyl (C=O) groups is 1. The Morgan fingerprint density at radius 1 is 1.28 bits per heavy atom. The number of aromatic nitrogens is 1. The molecule has 4 rings (SSSR count). The molecule has 1 aliphatic heterocycles. The van der Waals surface area contributed by atoms with Crippen LogP contribution in [0, 0.1) is 0 Å². The highest BCUT2D eigenvalue weighted by molar-refractivity contribution is 6.30. The first-order chi connectivity index (χ1) is 12.1. The highest BCUT2D eigenvalue weighted by Crippen LogP contribution is 2.36. The van der Waals surface area contributed by atoms with Gasteiger partial charge in [0.05, 0.1) is 22.8 Å². The van der Waals surface area contributed by atoms with Crippen LogP contribution in [0.2, 0.25) is 5.02 Å². The summed E-state index contributed by atoms with van der Waals surface area (Å²) < 4.78 is 0. The van der Waals surface area contributed by atoms with Crippen molar-refractivity contribution in [2.45, 2.75) is 31.8 Å². The van der Waals surface area contributed by atoms with Crippen LogP contribution >= 0.6 is 11.6 Å². The van der Waals surface area contributed by atoms with Crippen LogP contribution in [0.25, 0.3) is 0 Å². The van der Waals surface area contributed by atoms with Crippen LogP contribution in [0.3, 0.4) is 0 Å². The summed E-state index contributed by atoms with van der Waals surface area (Å²) >= 11 is 6.21. The molecule has 2 aliphatic rings. The Bertz CT molecular complexity index is 807. The minimum Gasteiger partial charge on any atom is -0.305 e. The lowest BCUT2D eigenvalue weighted by molar-refractivity contribution is -0.120. The molecule has 1 saturated heterocycles. The molecule has 5 heteroatoms. The van der Waals surface area contributed by atoms with Crippen LogP contribution in [0.15, 0.2) is 36.5 Å². The van der Waals surface area contributed by atoms with Crippen LogP contribution in [0.1, 0.15) is 35.3 Å². The second kappa shape index (κ2) is 6.87. The predicted octanol–water partition coefficient (Wildman–Crippen LogP) is 2.79. The first-order valence-electron chi connectivity index (χ1n) is 8.83. The van der Waals surface area contributed by atoms with Gasteiger partial charge in [-0.2, -0.15) is 0 Å². The van der Waals surface area contributed by atoms with Crippen LogP contribution in [0.5, 0.6) is 0 Å². The lowest BCUT2D eigenvalue weighted by Gasteiger charge is -2.38. The van der Waals surface area contributed by atoms with Crippen molar-refractivity contribution < 1.29 is 4.79 Å². The molecule has 1 aliphatic carbocycles. The molecule has 2 heterocycles. The molecule has 0 bridgehead atoms. The van der Waals surface area contributed by atoms with Crippen molar-refractivity contribution >= 4 is 17.4 Å². The minimum atomic E-state index is -0.111. The Labute approximate surface area is 153 Å². The number of piperazine rings is 1. The maximum Gasteiger partial charge on any atom is 0.147 e. The normalized spacial score (nSPS) is 23.4. The van der Waals surface area contributed by atoms with Gasteiger partial charge in [-0.15, -0.1) is 0 Å². The molecule has 1 aromatic heterocycles. The number of pyridine rings is 1. The van der Waals surface area contributed by atoms with Crippen LogP contribution in [-0.4, -0.2) is 41.3 Å². The van der Waals surface area contributed by atoms with Gasteiger partial charge in [0.15, 0.2) is 0 Å².